The van der Waals surface area contributed by atoms with Gasteiger partial charge >= 0.3 is 11.9 Å². The number of carbonyl (C=O) groups is 2. The lowest BCUT2D eigenvalue weighted by molar-refractivity contribution is -0.151. The first kappa shape index (κ1) is 47.9. The summed E-state index contributed by atoms with van der Waals surface area (Å²) >= 11 is 0. The summed E-state index contributed by atoms with van der Waals surface area (Å²) in [5, 5.41) is 0. The molecule has 0 amide bonds. The second kappa shape index (κ2) is 31.6. The molecule has 292 valence electrons. The second-order valence-corrected chi connectivity index (χ2v) is 17.1. The third-order valence-corrected chi connectivity index (χ3v) is 9.20. The zero-order valence-electron chi connectivity index (χ0n) is 34.5. The van der Waals surface area contributed by atoms with Gasteiger partial charge in [-0.1, -0.05) is 113 Å². The van der Waals surface area contributed by atoms with Crippen molar-refractivity contribution in [3.63, 3.8) is 0 Å². The van der Waals surface area contributed by atoms with E-state index in [4.69, 9.17) is 14.2 Å². The molecule has 49 heavy (non-hydrogen) atoms. The number of esters is 2. The van der Waals surface area contributed by atoms with Gasteiger partial charge in [-0.3, -0.25) is 9.59 Å². The van der Waals surface area contributed by atoms with Gasteiger partial charge in [0, 0.05) is 19.4 Å². The number of carbonyl (C=O) groups excluding carboxylic acids is 2. The van der Waals surface area contributed by atoms with E-state index in [1.54, 1.807) is 0 Å². The summed E-state index contributed by atoms with van der Waals surface area (Å²) in [5.41, 5.74) is 0. The molecule has 0 fully saturated rings. The molecule has 6 nitrogen and oxygen atoms in total. The fourth-order valence-corrected chi connectivity index (χ4v) is 6.78. The van der Waals surface area contributed by atoms with Crippen LogP contribution in [0.3, 0.4) is 0 Å². The van der Waals surface area contributed by atoms with Crippen molar-refractivity contribution in [3.8, 4) is 0 Å². The van der Waals surface area contributed by atoms with Crippen LogP contribution >= 0.6 is 0 Å². The first-order valence-electron chi connectivity index (χ1n) is 20.9. The number of nitrogens with zero attached hydrogens (tertiary/aromatic N) is 1. The highest BCUT2D eigenvalue weighted by Gasteiger charge is 2.18. The maximum atomic E-state index is 12.6. The van der Waals surface area contributed by atoms with Crippen LogP contribution in [-0.2, 0) is 23.8 Å². The molecular formula is C43H85NO5. The summed E-state index contributed by atoms with van der Waals surface area (Å²) < 4.78 is 18.1. The van der Waals surface area contributed by atoms with E-state index in [1.165, 1.54) is 57.8 Å². The van der Waals surface area contributed by atoms with E-state index in [0.29, 0.717) is 42.6 Å². The van der Waals surface area contributed by atoms with Crippen LogP contribution in [0.1, 0.15) is 197 Å². The van der Waals surface area contributed by atoms with Crippen LogP contribution in [0.2, 0.25) is 0 Å². The van der Waals surface area contributed by atoms with Crippen molar-refractivity contribution in [3.05, 3.63) is 0 Å². The third-order valence-electron chi connectivity index (χ3n) is 9.20. The minimum atomic E-state index is -0.0333. The first-order valence-corrected chi connectivity index (χ1v) is 20.9. The zero-order chi connectivity index (χ0) is 36.9. The molecule has 0 bridgehead atoms. The Hall–Kier alpha value is -1.14. The Labute approximate surface area is 305 Å². The molecule has 0 aliphatic heterocycles. The van der Waals surface area contributed by atoms with E-state index < -0.39 is 0 Å². The van der Waals surface area contributed by atoms with Gasteiger partial charge in [0.25, 0.3) is 0 Å². The highest BCUT2D eigenvalue weighted by atomic mass is 16.5. The van der Waals surface area contributed by atoms with Crippen molar-refractivity contribution >= 4 is 11.9 Å². The summed E-state index contributed by atoms with van der Waals surface area (Å²) in [6.45, 7) is 19.7. The molecule has 0 spiro atoms. The number of hydrogen-bond donors (Lipinski definition) is 0. The van der Waals surface area contributed by atoms with Crippen LogP contribution in [0.15, 0.2) is 0 Å². The summed E-state index contributed by atoms with van der Waals surface area (Å²) in [6, 6.07) is 0. The van der Waals surface area contributed by atoms with Gasteiger partial charge in [0.2, 0.25) is 0 Å². The van der Waals surface area contributed by atoms with Gasteiger partial charge in [-0.15, -0.1) is 0 Å². The molecule has 0 radical (unpaired) electrons. The van der Waals surface area contributed by atoms with Crippen LogP contribution < -0.4 is 0 Å². The Morgan fingerprint density at radius 1 is 0.449 bits per heavy atom. The van der Waals surface area contributed by atoms with Gasteiger partial charge in [-0.25, -0.2) is 0 Å². The smallest absolute Gasteiger partial charge is 0.306 e. The minimum absolute atomic E-state index is 0.0288. The molecule has 0 aromatic rings. The lowest BCUT2D eigenvalue weighted by Gasteiger charge is -2.21. The van der Waals surface area contributed by atoms with Gasteiger partial charge < -0.3 is 19.1 Å². The van der Waals surface area contributed by atoms with Crippen LogP contribution in [0.5, 0.6) is 0 Å². The van der Waals surface area contributed by atoms with Crippen molar-refractivity contribution in [1.82, 2.24) is 4.90 Å². The van der Waals surface area contributed by atoms with E-state index in [9.17, 15) is 9.59 Å². The molecule has 0 heterocycles. The molecule has 0 N–H and O–H groups in total. The lowest BCUT2D eigenvalue weighted by atomic mass is 9.98. The van der Waals surface area contributed by atoms with E-state index >= 15 is 0 Å². The average molecular weight is 696 g/mol. The molecule has 1 atom stereocenters. The second-order valence-electron chi connectivity index (χ2n) is 17.1. The van der Waals surface area contributed by atoms with Crippen LogP contribution in [0, 0.1) is 23.7 Å². The van der Waals surface area contributed by atoms with Gasteiger partial charge in [-0.05, 0) is 115 Å². The summed E-state index contributed by atoms with van der Waals surface area (Å²) in [4.78, 5) is 27.1. The predicted octanol–water partition coefficient (Wildman–Crippen LogP) is 12.0. The van der Waals surface area contributed by atoms with Crippen molar-refractivity contribution in [2.24, 2.45) is 23.7 Å². The molecule has 6 heteroatoms. The number of rotatable bonds is 34. The first-order chi connectivity index (χ1) is 23.3. The highest BCUT2D eigenvalue weighted by Crippen LogP contribution is 2.21. The van der Waals surface area contributed by atoms with E-state index in [-0.39, 0.29) is 24.1 Å². The minimum Gasteiger partial charge on any atom is -0.462 e. The summed E-state index contributed by atoms with van der Waals surface area (Å²) in [7, 11) is 4.09. The molecule has 0 aromatic heterocycles. The van der Waals surface area contributed by atoms with Gasteiger partial charge in [0.15, 0.2) is 0 Å². The molecule has 0 rings (SSSR count). The van der Waals surface area contributed by atoms with E-state index in [0.717, 1.165) is 83.8 Å². The normalized spacial score (nSPS) is 12.8. The van der Waals surface area contributed by atoms with Crippen LogP contribution in [-0.4, -0.2) is 62.4 Å². The molecule has 0 aromatic carbocycles. The Bertz CT molecular complexity index is 745. The van der Waals surface area contributed by atoms with Gasteiger partial charge in [-0.2, -0.15) is 0 Å². The topological polar surface area (TPSA) is 65.1 Å². The summed E-state index contributed by atoms with van der Waals surface area (Å²) in [5.74, 6) is 2.40. The number of hydrogen-bond acceptors (Lipinski definition) is 6. The number of ether oxygens (including phenoxy) is 3. The molecule has 0 saturated carbocycles. The Morgan fingerprint density at radius 2 is 0.816 bits per heavy atom. The fourth-order valence-electron chi connectivity index (χ4n) is 6.78. The van der Waals surface area contributed by atoms with Gasteiger partial charge in [0.05, 0.1) is 6.10 Å². The van der Waals surface area contributed by atoms with Crippen LogP contribution in [0.4, 0.5) is 0 Å². The Kier molecular flexibility index (Phi) is 30.8. The van der Waals surface area contributed by atoms with Crippen LogP contribution in [0.25, 0.3) is 0 Å². The van der Waals surface area contributed by atoms with Crippen molar-refractivity contribution in [2.75, 3.05) is 27.2 Å². The fraction of sp³-hybridized carbons (Fsp3) is 0.953. The third kappa shape index (κ3) is 33.7. The highest BCUT2D eigenvalue weighted by molar-refractivity contribution is 5.69. The molecular weight excluding hydrogens is 610 g/mol. The Balaban J connectivity index is 4.29. The molecule has 1 unspecified atom stereocenters. The quantitative estimate of drug-likeness (QED) is 0.0493. The molecule has 0 aliphatic rings. The standard InChI is InChI=1S/C43H85NO5/c1-35(2)31-40(32-36(3)4)47-30-23-19-15-11-12-16-20-25-39(48-43(46)28-24-29-44(9)10)26-21-17-13-14-18-22-27-42(45)49-41(33-37(5)6)34-38(7)8/h35-41H,11-34H2,1-10H3. The van der Waals surface area contributed by atoms with Crippen molar-refractivity contribution in [1.29, 1.82) is 0 Å². The average Bonchev–Trinajstić information content (AvgIpc) is 2.97. The maximum Gasteiger partial charge on any atom is 0.306 e. The summed E-state index contributed by atoms with van der Waals surface area (Å²) in [6.07, 6.45) is 23.7. The van der Waals surface area contributed by atoms with E-state index in [1.807, 2.05) is 14.1 Å². The number of unbranched alkanes of at least 4 members (excludes halogenated alkanes) is 11. The van der Waals surface area contributed by atoms with Crippen molar-refractivity contribution < 1.29 is 23.8 Å². The lowest BCUT2D eigenvalue weighted by Crippen LogP contribution is -2.22. The van der Waals surface area contributed by atoms with Gasteiger partial charge in [0.1, 0.15) is 12.2 Å². The van der Waals surface area contributed by atoms with Crippen molar-refractivity contribution in [2.45, 2.75) is 215 Å². The zero-order valence-corrected chi connectivity index (χ0v) is 34.5. The van der Waals surface area contributed by atoms with E-state index in [2.05, 4.69) is 60.3 Å². The maximum absolute atomic E-state index is 12.6. The SMILES string of the molecule is CC(C)CC(CC(C)C)OCCCCCCCCCC(CCCCCCCCC(=O)OC(CC(C)C)CC(C)C)OC(=O)CCCN(C)C. The molecule has 0 saturated heterocycles. The largest absolute Gasteiger partial charge is 0.462 e. The predicted molar refractivity (Wildman–Crippen MR) is 209 cm³/mol. The Morgan fingerprint density at radius 3 is 1.27 bits per heavy atom. The molecule has 0 aliphatic carbocycles. The monoisotopic (exact) mass is 696 g/mol.